The van der Waals surface area contributed by atoms with Crippen molar-refractivity contribution in [2.45, 2.75) is 27.7 Å². The Labute approximate surface area is 118 Å². The first-order valence-corrected chi connectivity index (χ1v) is 6.48. The van der Waals surface area contributed by atoms with Gasteiger partial charge in [0.15, 0.2) is 5.15 Å². The number of rotatable bonds is 2. The number of benzene rings is 1. The van der Waals surface area contributed by atoms with Crippen LogP contribution in [0.25, 0.3) is 11.3 Å². The third-order valence-electron chi connectivity index (χ3n) is 3.16. The minimum absolute atomic E-state index is 0.411. The van der Waals surface area contributed by atoms with Gasteiger partial charge in [0.1, 0.15) is 11.4 Å². The van der Waals surface area contributed by atoms with E-state index in [1.807, 2.05) is 33.8 Å². The number of methoxy groups -OCH3 is 1. The van der Waals surface area contributed by atoms with Crippen molar-refractivity contribution in [2.75, 3.05) is 7.11 Å². The van der Waals surface area contributed by atoms with E-state index in [2.05, 4.69) is 16.0 Å². The fourth-order valence-electron chi connectivity index (χ4n) is 2.13. The van der Waals surface area contributed by atoms with Crippen molar-refractivity contribution in [1.82, 2.24) is 9.97 Å². The SMILES string of the molecule is COc1cc(C)cc(C)c1-c1nc(C)c(C)nc1Cl. The van der Waals surface area contributed by atoms with Crippen molar-refractivity contribution in [3.8, 4) is 17.0 Å². The zero-order chi connectivity index (χ0) is 14.2. The summed E-state index contributed by atoms with van der Waals surface area (Å²) in [4.78, 5) is 8.90. The largest absolute Gasteiger partial charge is 0.496 e. The number of hydrogen-bond donors (Lipinski definition) is 0. The number of nitrogens with zero attached hydrogens (tertiary/aromatic N) is 2. The van der Waals surface area contributed by atoms with Gasteiger partial charge in [0, 0.05) is 5.56 Å². The number of hydrogen-bond acceptors (Lipinski definition) is 3. The molecule has 0 aliphatic carbocycles. The van der Waals surface area contributed by atoms with Crippen LogP contribution in [0.15, 0.2) is 12.1 Å². The summed E-state index contributed by atoms with van der Waals surface area (Å²) in [5.41, 5.74) is 5.54. The van der Waals surface area contributed by atoms with E-state index in [0.717, 1.165) is 33.8 Å². The van der Waals surface area contributed by atoms with Crippen LogP contribution in [-0.2, 0) is 0 Å². The Morgan fingerprint density at radius 1 is 1.00 bits per heavy atom. The molecule has 0 saturated heterocycles. The molecule has 3 nitrogen and oxygen atoms in total. The van der Waals surface area contributed by atoms with E-state index in [-0.39, 0.29) is 0 Å². The highest BCUT2D eigenvalue weighted by Gasteiger charge is 2.16. The molecule has 0 spiro atoms. The zero-order valence-corrected chi connectivity index (χ0v) is 12.6. The Kier molecular flexibility index (Phi) is 3.76. The highest BCUT2D eigenvalue weighted by molar-refractivity contribution is 6.32. The predicted octanol–water partition coefficient (Wildman–Crippen LogP) is 4.04. The number of aromatic nitrogens is 2. The van der Waals surface area contributed by atoms with Gasteiger partial charge in [0.2, 0.25) is 0 Å². The minimum atomic E-state index is 0.411. The number of ether oxygens (including phenoxy) is 1. The maximum absolute atomic E-state index is 6.25. The van der Waals surface area contributed by atoms with Crippen LogP contribution >= 0.6 is 11.6 Å². The van der Waals surface area contributed by atoms with Gasteiger partial charge < -0.3 is 4.74 Å². The van der Waals surface area contributed by atoms with E-state index >= 15 is 0 Å². The topological polar surface area (TPSA) is 35.0 Å². The van der Waals surface area contributed by atoms with Gasteiger partial charge in [-0.15, -0.1) is 0 Å². The number of halogens is 1. The second-order valence-electron chi connectivity index (χ2n) is 4.69. The molecule has 1 heterocycles. The molecule has 100 valence electrons. The van der Waals surface area contributed by atoms with Gasteiger partial charge in [-0.3, -0.25) is 0 Å². The molecular formula is C15H17ClN2O. The maximum Gasteiger partial charge on any atom is 0.155 e. The van der Waals surface area contributed by atoms with Gasteiger partial charge >= 0.3 is 0 Å². The molecule has 0 amide bonds. The average molecular weight is 277 g/mol. The van der Waals surface area contributed by atoms with Crippen LogP contribution < -0.4 is 4.74 Å². The molecule has 0 radical (unpaired) electrons. The van der Waals surface area contributed by atoms with Crippen LogP contribution in [0.1, 0.15) is 22.5 Å². The number of aryl methyl sites for hydroxylation is 4. The van der Waals surface area contributed by atoms with Crippen LogP contribution in [-0.4, -0.2) is 17.1 Å². The van der Waals surface area contributed by atoms with E-state index in [1.54, 1.807) is 7.11 Å². The van der Waals surface area contributed by atoms with E-state index in [4.69, 9.17) is 16.3 Å². The third-order valence-corrected chi connectivity index (χ3v) is 3.43. The van der Waals surface area contributed by atoms with Gasteiger partial charge in [0.05, 0.1) is 18.5 Å². The Balaban J connectivity index is 2.75. The molecule has 0 aliphatic rings. The highest BCUT2D eigenvalue weighted by atomic mass is 35.5. The molecule has 4 heteroatoms. The van der Waals surface area contributed by atoms with E-state index in [0.29, 0.717) is 10.8 Å². The molecule has 19 heavy (non-hydrogen) atoms. The Morgan fingerprint density at radius 2 is 1.63 bits per heavy atom. The standard InChI is InChI=1S/C15H17ClN2O/c1-8-6-9(2)13(12(7-8)19-5)14-15(16)18-11(4)10(3)17-14/h6-7H,1-5H3. The van der Waals surface area contributed by atoms with Crippen LogP contribution in [0.4, 0.5) is 0 Å². The molecule has 2 aromatic rings. The molecule has 0 atom stereocenters. The van der Waals surface area contributed by atoms with Crippen molar-refractivity contribution >= 4 is 11.6 Å². The van der Waals surface area contributed by atoms with E-state index in [1.165, 1.54) is 0 Å². The van der Waals surface area contributed by atoms with Crippen molar-refractivity contribution in [3.05, 3.63) is 39.8 Å². The third kappa shape index (κ3) is 2.56. The first-order chi connectivity index (χ1) is 8.93. The quantitative estimate of drug-likeness (QED) is 0.830. The lowest BCUT2D eigenvalue weighted by molar-refractivity contribution is 0.415. The average Bonchev–Trinajstić information content (AvgIpc) is 2.33. The van der Waals surface area contributed by atoms with Gasteiger partial charge in [-0.1, -0.05) is 17.7 Å². The molecule has 0 N–H and O–H groups in total. The molecular weight excluding hydrogens is 260 g/mol. The molecule has 1 aromatic carbocycles. The van der Waals surface area contributed by atoms with Crippen molar-refractivity contribution in [1.29, 1.82) is 0 Å². The van der Waals surface area contributed by atoms with Crippen molar-refractivity contribution < 1.29 is 4.74 Å². The van der Waals surface area contributed by atoms with Crippen LogP contribution in [0.3, 0.4) is 0 Å². The minimum Gasteiger partial charge on any atom is -0.496 e. The zero-order valence-electron chi connectivity index (χ0n) is 11.8. The first kappa shape index (κ1) is 13.8. The smallest absolute Gasteiger partial charge is 0.155 e. The summed E-state index contributed by atoms with van der Waals surface area (Å²) >= 11 is 6.25. The second kappa shape index (κ2) is 5.17. The van der Waals surface area contributed by atoms with E-state index < -0.39 is 0 Å². The normalized spacial score (nSPS) is 10.6. The summed E-state index contributed by atoms with van der Waals surface area (Å²) in [5, 5.41) is 0.411. The molecule has 1 aromatic heterocycles. The fourth-order valence-corrected chi connectivity index (χ4v) is 2.39. The first-order valence-electron chi connectivity index (χ1n) is 6.10. The summed E-state index contributed by atoms with van der Waals surface area (Å²) in [6, 6.07) is 4.07. The molecule has 0 aliphatic heterocycles. The van der Waals surface area contributed by atoms with Crippen molar-refractivity contribution in [2.24, 2.45) is 0 Å². The van der Waals surface area contributed by atoms with Gasteiger partial charge in [0.25, 0.3) is 0 Å². The lowest BCUT2D eigenvalue weighted by Gasteiger charge is -2.14. The molecule has 0 fully saturated rings. The maximum atomic E-state index is 6.25. The molecule has 0 bridgehead atoms. The molecule has 0 unspecified atom stereocenters. The van der Waals surface area contributed by atoms with Gasteiger partial charge in [-0.2, -0.15) is 0 Å². The van der Waals surface area contributed by atoms with Crippen molar-refractivity contribution in [3.63, 3.8) is 0 Å². The summed E-state index contributed by atoms with van der Waals surface area (Å²) in [6.45, 7) is 7.89. The summed E-state index contributed by atoms with van der Waals surface area (Å²) < 4.78 is 5.46. The monoisotopic (exact) mass is 276 g/mol. The van der Waals surface area contributed by atoms with Gasteiger partial charge in [-0.25, -0.2) is 9.97 Å². The highest BCUT2D eigenvalue weighted by Crippen LogP contribution is 2.36. The van der Waals surface area contributed by atoms with E-state index in [9.17, 15) is 0 Å². The lowest BCUT2D eigenvalue weighted by atomic mass is 10.0. The van der Waals surface area contributed by atoms with Crippen LogP contribution in [0, 0.1) is 27.7 Å². The van der Waals surface area contributed by atoms with Crippen LogP contribution in [0.2, 0.25) is 5.15 Å². The summed E-state index contributed by atoms with van der Waals surface area (Å²) in [7, 11) is 1.65. The predicted molar refractivity (Wildman–Crippen MR) is 78.0 cm³/mol. The lowest BCUT2D eigenvalue weighted by Crippen LogP contribution is -2.00. The Bertz CT molecular complexity index is 639. The summed E-state index contributed by atoms with van der Waals surface area (Å²) in [6.07, 6.45) is 0. The molecule has 2 rings (SSSR count). The fraction of sp³-hybridized carbons (Fsp3) is 0.333. The van der Waals surface area contributed by atoms with Gasteiger partial charge in [-0.05, 0) is 44.9 Å². The Hall–Kier alpha value is -1.61. The Morgan fingerprint density at radius 3 is 2.26 bits per heavy atom. The van der Waals surface area contributed by atoms with Crippen LogP contribution in [0.5, 0.6) is 5.75 Å². The molecule has 0 saturated carbocycles. The summed E-state index contributed by atoms with van der Waals surface area (Å²) in [5.74, 6) is 0.775. The second-order valence-corrected chi connectivity index (χ2v) is 5.05.